The van der Waals surface area contributed by atoms with Crippen molar-refractivity contribution in [2.24, 2.45) is 5.73 Å². The van der Waals surface area contributed by atoms with Crippen LogP contribution in [0.4, 0.5) is 11.4 Å². The summed E-state index contributed by atoms with van der Waals surface area (Å²) >= 11 is 0. The lowest BCUT2D eigenvalue weighted by Gasteiger charge is -2.12. The minimum absolute atomic E-state index is 0.768. The van der Waals surface area contributed by atoms with Gasteiger partial charge in [0.25, 0.3) is 0 Å². The van der Waals surface area contributed by atoms with Crippen LogP contribution in [0.15, 0.2) is 42.5 Å². The number of benzene rings is 2. The number of nitrogens with two attached hydrogens (primary N) is 3. The van der Waals surface area contributed by atoms with Gasteiger partial charge in [-0.15, -0.1) is 0 Å². The average Bonchev–Trinajstić information content (AvgIpc) is 2.51. The summed E-state index contributed by atoms with van der Waals surface area (Å²) in [5.74, 6) is 0. The summed E-state index contributed by atoms with van der Waals surface area (Å²) in [4.78, 5) is 0. The van der Waals surface area contributed by atoms with Crippen molar-refractivity contribution in [2.45, 2.75) is 38.5 Å². The number of aryl methyl sites for hydroxylation is 1. The molecule has 0 spiro atoms. The fourth-order valence-electron chi connectivity index (χ4n) is 2.84. The summed E-state index contributed by atoms with van der Waals surface area (Å²) in [6.07, 6.45) is 7.06. The second-order valence-corrected chi connectivity index (χ2v) is 5.82. The number of unbranched alkanes of at least 4 members (excludes halogenated alkanes) is 4. The molecule has 6 N–H and O–H groups in total. The summed E-state index contributed by atoms with van der Waals surface area (Å²) in [5, 5.41) is 0. The molecule has 0 aliphatic heterocycles. The molecule has 3 nitrogen and oxygen atoms in total. The van der Waals surface area contributed by atoms with Crippen molar-refractivity contribution in [3.8, 4) is 11.1 Å². The van der Waals surface area contributed by atoms with Crippen molar-refractivity contribution >= 4 is 11.4 Å². The van der Waals surface area contributed by atoms with Crippen LogP contribution in [0.1, 0.15) is 37.7 Å². The molecular weight excluding hydrogens is 270 g/mol. The van der Waals surface area contributed by atoms with E-state index in [4.69, 9.17) is 17.2 Å². The molecule has 3 heteroatoms. The van der Waals surface area contributed by atoms with Crippen molar-refractivity contribution in [3.63, 3.8) is 0 Å². The predicted octanol–water partition coefficient (Wildman–Crippen LogP) is 3.97. The van der Waals surface area contributed by atoms with Crippen LogP contribution in [-0.4, -0.2) is 6.54 Å². The Kier molecular flexibility index (Phi) is 6.28. The zero-order valence-corrected chi connectivity index (χ0v) is 13.2. The van der Waals surface area contributed by atoms with Gasteiger partial charge in [0.15, 0.2) is 0 Å². The molecule has 0 aliphatic rings. The third-order valence-electron chi connectivity index (χ3n) is 3.99. The first kappa shape index (κ1) is 16.4. The Morgan fingerprint density at radius 1 is 0.727 bits per heavy atom. The van der Waals surface area contributed by atoms with Crippen LogP contribution in [0, 0.1) is 0 Å². The molecule has 0 heterocycles. The van der Waals surface area contributed by atoms with E-state index in [1.54, 1.807) is 0 Å². The number of hydrogen-bond donors (Lipinski definition) is 3. The second-order valence-electron chi connectivity index (χ2n) is 5.82. The quantitative estimate of drug-likeness (QED) is 0.509. The number of rotatable bonds is 8. The van der Waals surface area contributed by atoms with Gasteiger partial charge >= 0.3 is 0 Å². The lowest BCUT2D eigenvalue weighted by atomic mass is 9.97. The van der Waals surface area contributed by atoms with Crippen molar-refractivity contribution in [3.05, 3.63) is 48.0 Å². The van der Waals surface area contributed by atoms with Crippen LogP contribution in [0.25, 0.3) is 11.1 Å². The van der Waals surface area contributed by atoms with E-state index in [1.807, 2.05) is 30.3 Å². The summed E-state index contributed by atoms with van der Waals surface area (Å²) in [6.45, 7) is 0.800. The maximum absolute atomic E-state index is 6.23. The molecule has 0 unspecified atom stereocenters. The van der Waals surface area contributed by atoms with E-state index in [1.165, 1.54) is 31.2 Å². The van der Waals surface area contributed by atoms with Gasteiger partial charge in [-0.2, -0.15) is 0 Å². The van der Waals surface area contributed by atoms with E-state index in [2.05, 4.69) is 12.1 Å². The topological polar surface area (TPSA) is 78.1 Å². The Morgan fingerprint density at radius 3 is 1.95 bits per heavy atom. The molecule has 22 heavy (non-hydrogen) atoms. The van der Waals surface area contributed by atoms with Crippen molar-refractivity contribution < 1.29 is 0 Å². The van der Waals surface area contributed by atoms with Crippen LogP contribution in [0.5, 0.6) is 0 Å². The highest BCUT2D eigenvalue weighted by Crippen LogP contribution is 2.33. The first-order chi connectivity index (χ1) is 10.7. The molecule has 0 amide bonds. The lowest BCUT2D eigenvalue weighted by molar-refractivity contribution is 0.618. The molecule has 2 rings (SSSR count). The Hall–Kier alpha value is -2.00. The smallest absolute Gasteiger partial charge is 0.0417 e. The van der Waals surface area contributed by atoms with E-state index >= 15 is 0 Å². The summed E-state index contributed by atoms with van der Waals surface area (Å²) < 4.78 is 0. The lowest BCUT2D eigenvalue weighted by Crippen LogP contribution is -2.00. The fourth-order valence-corrected chi connectivity index (χ4v) is 2.84. The van der Waals surface area contributed by atoms with Gasteiger partial charge in [0, 0.05) is 16.9 Å². The first-order valence-electron chi connectivity index (χ1n) is 8.15. The number of anilines is 2. The molecule has 0 aromatic heterocycles. The Labute approximate surface area is 133 Å². The Balaban J connectivity index is 1.98. The zero-order chi connectivity index (χ0) is 15.8. The highest BCUT2D eigenvalue weighted by Gasteiger charge is 2.08. The number of hydrogen-bond acceptors (Lipinski definition) is 3. The molecule has 0 saturated heterocycles. The monoisotopic (exact) mass is 297 g/mol. The molecule has 0 atom stereocenters. The molecular formula is C19H27N3. The molecule has 0 radical (unpaired) electrons. The van der Waals surface area contributed by atoms with Crippen molar-refractivity contribution in [2.75, 3.05) is 18.0 Å². The van der Waals surface area contributed by atoms with Gasteiger partial charge in [-0.3, -0.25) is 0 Å². The van der Waals surface area contributed by atoms with E-state index in [0.29, 0.717) is 0 Å². The second kappa shape index (κ2) is 8.44. The largest absolute Gasteiger partial charge is 0.398 e. The maximum Gasteiger partial charge on any atom is 0.0417 e. The zero-order valence-electron chi connectivity index (χ0n) is 13.2. The summed E-state index contributed by atoms with van der Waals surface area (Å²) in [6, 6.07) is 14.2. The van der Waals surface area contributed by atoms with Crippen LogP contribution < -0.4 is 17.2 Å². The number of nitrogen functional groups attached to an aromatic ring is 2. The molecule has 0 bridgehead atoms. The van der Waals surface area contributed by atoms with E-state index in [9.17, 15) is 0 Å². The fraction of sp³-hybridized carbons (Fsp3) is 0.368. The minimum Gasteiger partial charge on any atom is -0.398 e. The van der Waals surface area contributed by atoms with Crippen molar-refractivity contribution in [1.29, 1.82) is 0 Å². The Bertz CT molecular complexity index is 555. The van der Waals surface area contributed by atoms with Crippen molar-refractivity contribution in [1.82, 2.24) is 0 Å². The van der Waals surface area contributed by atoms with Crippen LogP contribution in [0.3, 0.4) is 0 Å². The van der Waals surface area contributed by atoms with Crippen LogP contribution >= 0.6 is 0 Å². The molecule has 118 valence electrons. The van der Waals surface area contributed by atoms with E-state index < -0.39 is 0 Å². The van der Waals surface area contributed by atoms with Gasteiger partial charge < -0.3 is 17.2 Å². The summed E-state index contributed by atoms with van der Waals surface area (Å²) in [7, 11) is 0. The standard InChI is InChI=1S/C19H27N3/c20-12-8-3-1-2-5-9-15-13-17(21)19(18(22)14-15)16-10-6-4-7-11-16/h4,6-7,10-11,13-14H,1-3,5,8-9,12,20-22H2. The van der Waals surface area contributed by atoms with E-state index in [-0.39, 0.29) is 0 Å². The highest BCUT2D eigenvalue weighted by atomic mass is 14.6. The minimum atomic E-state index is 0.768. The van der Waals surface area contributed by atoms with Gasteiger partial charge in [0.05, 0.1) is 0 Å². The Morgan fingerprint density at radius 2 is 1.32 bits per heavy atom. The van der Waals surface area contributed by atoms with Gasteiger partial charge in [0.1, 0.15) is 0 Å². The van der Waals surface area contributed by atoms with Gasteiger partial charge in [-0.25, -0.2) is 0 Å². The molecule has 2 aromatic rings. The predicted molar refractivity (Wildman–Crippen MR) is 96.5 cm³/mol. The average molecular weight is 297 g/mol. The normalized spacial score (nSPS) is 10.8. The third-order valence-corrected chi connectivity index (χ3v) is 3.99. The molecule has 0 aliphatic carbocycles. The van der Waals surface area contributed by atoms with Crippen LogP contribution in [-0.2, 0) is 6.42 Å². The summed E-state index contributed by atoms with van der Waals surface area (Å²) in [5.41, 5.74) is 22.8. The van der Waals surface area contributed by atoms with Gasteiger partial charge in [0.2, 0.25) is 0 Å². The molecule has 0 fully saturated rings. The van der Waals surface area contributed by atoms with Gasteiger partial charge in [-0.1, -0.05) is 49.6 Å². The molecule has 2 aromatic carbocycles. The first-order valence-corrected chi connectivity index (χ1v) is 8.15. The third kappa shape index (κ3) is 4.50. The van der Waals surface area contributed by atoms with E-state index in [0.717, 1.165) is 41.9 Å². The highest BCUT2D eigenvalue weighted by molar-refractivity contribution is 5.87. The van der Waals surface area contributed by atoms with Gasteiger partial charge in [-0.05, 0) is 49.1 Å². The maximum atomic E-state index is 6.23. The SMILES string of the molecule is NCCCCCCCc1cc(N)c(-c2ccccc2)c(N)c1. The van der Waals surface area contributed by atoms with Crippen LogP contribution in [0.2, 0.25) is 0 Å². The molecule has 0 saturated carbocycles.